The molecule has 3 nitrogen and oxygen atoms in total. The average molecular weight is 291 g/mol. The molecule has 0 radical (unpaired) electrons. The third kappa shape index (κ3) is 3.13. The Morgan fingerprint density at radius 2 is 1.90 bits per heavy atom. The summed E-state index contributed by atoms with van der Waals surface area (Å²) in [5.74, 6) is 1.50. The maximum absolute atomic E-state index is 12.6. The molecule has 0 bridgehead atoms. The van der Waals surface area contributed by atoms with Crippen LogP contribution in [-0.2, 0) is 13.1 Å². The zero-order chi connectivity index (χ0) is 14.7. The SMILES string of the molecule is FC(F)c1cccc(CNCc2cccc3c2OCO3)c1. The molecule has 0 unspecified atom stereocenters. The van der Waals surface area contributed by atoms with Crippen molar-refractivity contribution < 1.29 is 18.3 Å². The van der Waals surface area contributed by atoms with Gasteiger partial charge in [0.1, 0.15) is 0 Å². The molecule has 1 N–H and O–H groups in total. The summed E-state index contributed by atoms with van der Waals surface area (Å²) in [5, 5.41) is 3.23. The van der Waals surface area contributed by atoms with Gasteiger partial charge in [-0.2, -0.15) is 0 Å². The standard InChI is InChI=1S/C16H15F2NO2/c17-16(18)12-4-1-3-11(7-12)8-19-9-13-5-2-6-14-15(13)21-10-20-14/h1-7,16,19H,8-10H2. The van der Waals surface area contributed by atoms with Gasteiger partial charge in [-0.1, -0.05) is 30.3 Å². The van der Waals surface area contributed by atoms with Crippen molar-refractivity contribution in [3.63, 3.8) is 0 Å². The Morgan fingerprint density at radius 3 is 2.76 bits per heavy atom. The first kappa shape index (κ1) is 13.8. The van der Waals surface area contributed by atoms with Crippen LogP contribution in [0.15, 0.2) is 42.5 Å². The van der Waals surface area contributed by atoms with Crippen molar-refractivity contribution in [1.82, 2.24) is 5.32 Å². The lowest BCUT2D eigenvalue weighted by molar-refractivity contribution is 0.151. The maximum atomic E-state index is 12.6. The predicted octanol–water partition coefficient (Wildman–Crippen LogP) is 3.64. The first-order chi connectivity index (χ1) is 10.2. The molecule has 21 heavy (non-hydrogen) atoms. The zero-order valence-corrected chi connectivity index (χ0v) is 11.3. The summed E-state index contributed by atoms with van der Waals surface area (Å²) in [5.41, 5.74) is 1.87. The Hall–Kier alpha value is -2.14. The quantitative estimate of drug-likeness (QED) is 0.912. The summed E-state index contributed by atoms with van der Waals surface area (Å²) >= 11 is 0. The van der Waals surface area contributed by atoms with E-state index in [9.17, 15) is 8.78 Å². The van der Waals surface area contributed by atoms with E-state index in [-0.39, 0.29) is 12.4 Å². The van der Waals surface area contributed by atoms with Crippen molar-refractivity contribution in [2.45, 2.75) is 19.5 Å². The fourth-order valence-corrected chi connectivity index (χ4v) is 2.31. The van der Waals surface area contributed by atoms with Gasteiger partial charge >= 0.3 is 0 Å². The van der Waals surface area contributed by atoms with Crippen molar-refractivity contribution in [3.05, 3.63) is 59.2 Å². The highest BCUT2D eigenvalue weighted by Crippen LogP contribution is 2.35. The number of ether oxygens (including phenoxy) is 2. The van der Waals surface area contributed by atoms with Crippen LogP contribution in [-0.4, -0.2) is 6.79 Å². The van der Waals surface area contributed by atoms with Crippen LogP contribution in [0.25, 0.3) is 0 Å². The molecule has 1 aliphatic rings. The minimum absolute atomic E-state index is 0.0478. The first-order valence-electron chi connectivity index (χ1n) is 6.69. The van der Waals surface area contributed by atoms with Gasteiger partial charge in [0, 0.05) is 24.2 Å². The van der Waals surface area contributed by atoms with Gasteiger partial charge < -0.3 is 14.8 Å². The molecule has 2 aromatic carbocycles. The van der Waals surface area contributed by atoms with E-state index in [0.29, 0.717) is 13.1 Å². The molecule has 0 fully saturated rings. The van der Waals surface area contributed by atoms with Gasteiger partial charge in [-0.25, -0.2) is 8.78 Å². The highest BCUT2D eigenvalue weighted by Gasteiger charge is 2.16. The maximum Gasteiger partial charge on any atom is 0.263 e. The smallest absolute Gasteiger partial charge is 0.263 e. The summed E-state index contributed by atoms with van der Waals surface area (Å²) < 4.78 is 36.0. The number of alkyl halides is 2. The molecule has 1 heterocycles. The van der Waals surface area contributed by atoms with Gasteiger partial charge in [0.05, 0.1) is 0 Å². The summed E-state index contributed by atoms with van der Waals surface area (Å²) in [6.07, 6.45) is -2.44. The average Bonchev–Trinajstić information content (AvgIpc) is 2.97. The number of hydrogen-bond donors (Lipinski definition) is 1. The Kier molecular flexibility index (Phi) is 4.01. The van der Waals surface area contributed by atoms with E-state index >= 15 is 0 Å². The van der Waals surface area contributed by atoms with Crippen molar-refractivity contribution in [2.75, 3.05) is 6.79 Å². The monoisotopic (exact) mass is 291 g/mol. The molecular formula is C16H15F2NO2. The van der Waals surface area contributed by atoms with E-state index < -0.39 is 6.43 Å². The van der Waals surface area contributed by atoms with Crippen LogP contribution >= 0.6 is 0 Å². The van der Waals surface area contributed by atoms with Gasteiger partial charge in [-0.05, 0) is 17.7 Å². The molecule has 1 aliphatic heterocycles. The number of nitrogens with one attached hydrogen (secondary N) is 1. The minimum atomic E-state index is -2.44. The lowest BCUT2D eigenvalue weighted by atomic mass is 10.1. The van der Waals surface area contributed by atoms with Gasteiger partial charge in [0.2, 0.25) is 6.79 Å². The Bertz CT molecular complexity index is 631. The summed E-state index contributed by atoms with van der Waals surface area (Å²) in [4.78, 5) is 0. The zero-order valence-electron chi connectivity index (χ0n) is 11.3. The second kappa shape index (κ2) is 6.10. The van der Waals surface area contributed by atoms with Crippen LogP contribution in [0, 0.1) is 0 Å². The van der Waals surface area contributed by atoms with E-state index in [0.717, 1.165) is 22.6 Å². The van der Waals surface area contributed by atoms with E-state index in [4.69, 9.17) is 9.47 Å². The lowest BCUT2D eigenvalue weighted by Crippen LogP contribution is -2.13. The van der Waals surface area contributed by atoms with Crippen LogP contribution in [0.4, 0.5) is 8.78 Å². The van der Waals surface area contributed by atoms with E-state index in [1.165, 1.54) is 12.1 Å². The Balaban J connectivity index is 1.62. The van der Waals surface area contributed by atoms with E-state index in [1.54, 1.807) is 6.07 Å². The lowest BCUT2D eigenvalue weighted by Gasteiger charge is -2.09. The predicted molar refractivity (Wildman–Crippen MR) is 74.5 cm³/mol. The van der Waals surface area contributed by atoms with Crippen LogP contribution < -0.4 is 14.8 Å². The van der Waals surface area contributed by atoms with Crippen molar-refractivity contribution in [3.8, 4) is 11.5 Å². The number of fused-ring (bicyclic) bond motifs is 1. The first-order valence-corrected chi connectivity index (χ1v) is 6.69. The Morgan fingerprint density at radius 1 is 1.05 bits per heavy atom. The number of benzene rings is 2. The van der Waals surface area contributed by atoms with Crippen molar-refractivity contribution in [2.24, 2.45) is 0 Å². The fraction of sp³-hybridized carbons (Fsp3) is 0.250. The van der Waals surface area contributed by atoms with Crippen molar-refractivity contribution >= 4 is 0 Å². The second-order valence-corrected chi connectivity index (χ2v) is 4.80. The highest BCUT2D eigenvalue weighted by molar-refractivity contribution is 5.48. The van der Waals surface area contributed by atoms with Gasteiger partial charge in [-0.3, -0.25) is 0 Å². The molecule has 110 valence electrons. The van der Waals surface area contributed by atoms with Crippen molar-refractivity contribution in [1.29, 1.82) is 0 Å². The van der Waals surface area contributed by atoms with Crippen LogP contribution in [0.1, 0.15) is 23.1 Å². The number of rotatable bonds is 5. The van der Waals surface area contributed by atoms with Gasteiger partial charge in [0.25, 0.3) is 6.43 Å². The van der Waals surface area contributed by atoms with E-state index in [1.807, 2.05) is 24.3 Å². The third-order valence-electron chi connectivity index (χ3n) is 3.33. The molecular weight excluding hydrogens is 276 g/mol. The summed E-state index contributed by atoms with van der Waals surface area (Å²) in [6, 6.07) is 12.1. The largest absolute Gasteiger partial charge is 0.454 e. The summed E-state index contributed by atoms with van der Waals surface area (Å²) in [6.45, 7) is 1.35. The van der Waals surface area contributed by atoms with Crippen LogP contribution in [0.2, 0.25) is 0 Å². The van der Waals surface area contributed by atoms with Gasteiger partial charge in [-0.15, -0.1) is 0 Å². The molecule has 0 saturated carbocycles. The topological polar surface area (TPSA) is 30.5 Å². The molecule has 0 atom stereocenters. The molecule has 0 aromatic heterocycles. The summed E-state index contributed by atoms with van der Waals surface area (Å²) in [7, 11) is 0. The van der Waals surface area contributed by atoms with Crippen LogP contribution in [0.3, 0.4) is 0 Å². The number of halogens is 2. The molecule has 0 saturated heterocycles. The Labute approximate surface area is 121 Å². The number of hydrogen-bond acceptors (Lipinski definition) is 3. The van der Waals surface area contributed by atoms with E-state index in [2.05, 4.69) is 5.32 Å². The molecule has 0 amide bonds. The fourth-order valence-electron chi connectivity index (χ4n) is 2.31. The minimum Gasteiger partial charge on any atom is -0.454 e. The van der Waals surface area contributed by atoms with Gasteiger partial charge in [0.15, 0.2) is 11.5 Å². The third-order valence-corrected chi connectivity index (χ3v) is 3.33. The second-order valence-electron chi connectivity index (χ2n) is 4.80. The van der Waals surface area contributed by atoms with Crippen LogP contribution in [0.5, 0.6) is 11.5 Å². The normalized spacial score (nSPS) is 12.9. The molecule has 3 rings (SSSR count). The molecule has 2 aromatic rings. The number of para-hydroxylation sites is 1. The molecule has 5 heteroatoms. The molecule has 0 spiro atoms. The highest BCUT2D eigenvalue weighted by atomic mass is 19.3. The molecule has 0 aliphatic carbocycles.